The predicted molar refractivity (Wildman–Crippen MR) is 142 cm³/mol. The largest absolute Gasteiger partial charge is 0.455 e. The zero-order valence-electron chi connectivity index (χ0n) is 23.2. The summed E-state index contributed by atoms with van der Waals surface area (Å²) in [5.74, 6) is -5.56. The number of esters is 2. The molecule has 0 saturated heterocycles. The SMILES string of the molecule is CC(=O)O[C@@]12[C@H](OC(=O)/C=C/c3ccc(F)cc3)[C@@H](C)[C@@]3(O)[C@@H](C=C(CO)C[C@]4(O)C(=O)C(C)=C[C@@H]34)[C@@H]1C2(C)C. The number of hydrogen-bond acceptors (Lipinski definition) is 8. The Labute approximate surface area is 232 Å². The van der Waals surface area contributed by atoms with E-state index in [9.17, 15) is 34.1 Å². The normalized spacial score (nSPS) is 39.3. The highest BCUT2D eigenvalue weighted by atomic mass is 19.1. The number of benzene rings is 1. The highest BCUT2D eigenvalue weighted by Gasteiger charge is 2.87. The molecule has 0 aromatic heterocycles. The molecular formula is C31H35FO8. The van der Waals surface area contributed by atoms with Crippen molar-refractivity contribution in [3.05, 3.63) is 65.0 Å². The smallest absolute Gasteiger partial charge is 0.331 e. The van der Waals surface area contributed by atoms with Crippen molar-refractivity contribution in [2.45, 2.75) is 63.9 Å². The van der Waals surface area contributed by atoms with Gasteiger partial charge in [-0.1, -0.05) is 45.1 Å². The molecule has 4 aliphatic carbocycles. The van der Waals surface area contributed by atoms with Crippen molar-refractivity contribution in [3.63, 3.8) is 0 Å². The first-order chi connectivity index (χ1) is 18.6. The Balaban J connectivity index is 1.61. The average molecular weight is 555 g/mol. The Kier molecular flexibility index (Phi) is 6.52. The fraction of sp³-hybridized carbons (Fsp3) is 0.516. The number of ketones is 1. The highest BCUT2D eigenvalue weighted by Crippen LogP contribution is 2.77. The summed E-state index contributed by atoms with van der Waals surface area (Å²) in [6.07, 6.45) is 4.61. The van der Waals surface area contributed by atoms with E-state index in [-0.39, 0.29) is 6.42 Å². The Morgan fingerprint density at radius 1 is 1.15 bits per heavy atom. The van der Waals surface area contributed by atoms with E-state index in [1.807, 2.05) is 13.8 Å². The van der Waals surface area contributed by atoms with Crippen LogP contribution in [0.15, 0.2) is 53.6 Å². The molecule has 8 nitrogen and oxygen atoms in total. The van der Waals surface area contributed by atoms with Gasteiger partial charge in [0.1, 0.15) is 17.5 Å². The fourth-order valence-electron chi connectivity index (χ4n) is 7.96. The number of hydrogen-bond donors (Lipinski definition) is 3. The molecule has 3 N–H and O–H groups in total. The van der Waals surface area contributed by atoms with Crippen molar-refractivity contribution in [1.82, 2.24) is 0 Å². The molecule has 1 aromatic rings. The lowest BCUT2D eigenvalue weighted by molar-refractivity contribution is -0.226. The molecule has 1 aromatic carbocycles. The number of Topliss-reactive ketones (excluding diaryl/α,β-unsaturated/α-hetero) is 1. The average Bonchev–Trinajstić information content (AvgIpc) is 3.31. The monoisotopic (exact) mass is 554 g/mol. The van der Waals surface area contributed by atoms with Gasteiger partial charge in [0.15, 0.2) is 11.4 Å². The highest BCUT2D eigenvalue weighted by molar-refractivity contribution is 6.04. The van der Waals surface area contributed by atoms with E-state index in [4.69, 9.17) is 9.47 Å². The molecule has 9 heteroatoms. The minimum Gasteiger partial charge on any atom is -0.455 e. The van der Waals surface area contributed by atoms with E-state index < -0.39 is 82.1 Å². The number of ether oxygens (including phenoxy) is 2. The molecule has 5 rings (SSSR count). The van der Waals surface area contributed by atoms with Crippen LogP contribution in [0.3, 0.4) is 0 Å². The first-order valence-electron chi connectivity index (χ1n) is 13.5. The van der Waals surface area contributed by atoms with Crippen molar-refractivity contribution >= 4 is 23.8 Å². The second kappa shape index (κ2) is 9.19. The van der Waals surface area contributed by atoms with Gasteiger partial charge < -0.3 is 24.8 Å². The van der Waals surface area contributed by atoms with Crippen LogP contribution >= 0.6 is 0 Å². The Morgan fingerprint density at radius 2 is 1.80 bits per heavy atom. The molecule has 0 aliphatic heterocycles. The first kappa shape index (κ1) is 28.4. The van der Waals surface area contributed by atoms with E-state index in [1.54, 1.807) is 26.0 Å². The van der Waals surface area contributed by atoms with Gasteiger partial charge >= 0.3 is 11.9 Å². The van der Waals surface area contributed by atoms with Crippen LogP contribution in [0.4, 0.5) is 4.39 Å². The number of aliphatic hydroxyl groups is 3. The molecule has 2 saturated carbocycles. The summed E-state index contributed by atoms with van der Waals surface area (Å²) in [4.78, 5) is 38.8. The van der Waals surface area contributed by atoms with Crippen LogP contribution in [0.1, 0.15) is 46.6 Å². The number of rotatable bonds is 5. The van der Waals surface area contributed by atoms with Gasteiger partial charge in [-0.25, -0.2) is 9.18 Å². The standard InChI is InChI=1S/C31H35FO8/c1-16-12-23-29(37,26(16)36)14-20(15-33)13-22-25-28(4,5)31(25,40-18(3)34)27(17(2)30(22,23)38)39-24(35)11-8-19-6-9-21(32)10-7-19/h6-13,17,22-23,25,27,33,37-38H,14-15H2,1-5H3/b11-8+/t17-,22+,23-,25-,27-,29-,30-,31-/m1/s1. The van der Waals surface area contributed by atoms with Gasteiger partial charge in [0.05, 0.1) is 12.2 Å². The molecule has 8 atom stereocenters. The summed E-state index contributed by atoms with van der Waals surface area (Å²) < 4.78 is 25.3. The fourth-order valence-corrected chi connectivity index (χ4v) is 7.96. The topological polar surface area (TPSA) is 130 Å². The molecule has 0 radical (unpaired) electrons. The van der Waals surface area contributed by atoms with Crippen molar-refractivity contribution in [2.24, 2.45) is 29.1 Å². The van der Waals surface area contributed by atoms with Crippen molar-refractivity contribution in [3.8, 4) is 0 Å². The lowest BCUT2D eigenvalue weighted by atomic mass is 9.59. The molecule has 214 valence electrons. The van der Waals surface area contributed by atoms with E-state index in [0.29, 0.717) is 16.7 Å². The van der Waals surface area contributed by atoms with Crippen LogP contribution in [-0.2, 0) is 23.9 Å². The van der Waals surface area contributed by atoms with Crippen molar-refractivity contribution < 1.29 is 43.6 Å². The van der Waals surface area contributed by atoms with Gasteiger partial charge in [-0.2, -0.15) is 0 Å². The molecule has 0 amide bonds. The molecule has 0 spiro atoms. The molecule has 0 heterocycles. The third kappa shape index (κ3) is 3.78. The van der Waals surface area contributed by atoms with Gasteiger partial charge in [0, 0.05) is 48.5 Å². The van der Waals surface area contributed by atoms with Crippen LogP contribution in [0.5, 0.6) is 0 Å². The van der Waals surface area contributed by atoms with Crippen molar-refractivity contribution in [2.75, 3.05) is 6.61 Å². The maximum absolute atomic E-state index is 13.3. The van der Waals surface area contributed by atoms with Gasteiger partial charge in [-0.3, -0.25) is 9.59 Å². The number of carbonyl (C=O) groups excluding carboxylic acids is 3. The maximum atomic E-state index is 13.3. The van der Waals surface area contributed by atoms with Crippen molar-refractivity contribution in [1.29, 1.82) is 0 Å². The van der Waals surface area contributed by atoms with E-state index in [2.05, 4.69) is 0 Å². The quantitative estimate of drug-likeness (QED) is 0.288. The molecule has 40 heavy (non-hydrogen) atoms. The predicted octanol–water partition coefficient (Wildman–Crippen LogP) is 2.90. The van der Waals surface area contributed by atoms with Crippen LogP contribution in [0, 0.1) is 34.9 Å². The second-order valence-electron chi connectivity index (χ2n) is 12.3. The lowest BCUT2D eigenvalue weighted by Gasteiger charge is -2.53. The molecule has 0 unspecified atom stereocenters. The number of fused-ring (bicyclic) bond motifs is 5. The lowest BCUT2D eigenvalue weighted by Crippen LogP contribution is -2.66. The van der Waals surface area contributed by atoms with Crippen LogP contribution in [-0.4, -0.2) is 62.6 Å². The zero-order valence-corrected chi connectivity index (χ0v) is 23.2. The molecule has 0 bridgehead atoms. The van der Waals surface area contributed by atoms with Crippen LogP contribution < -0.4 is 0 Å². The first-order valence-corrected chi connectivity index (χ1v) is 13.5. The van der Waals surface area contributed by atoms with Gasteiger partial charge in [-0.15, -0.1) is 0 Å². The van der Waals surface area contributed by atoms with E-state index in [0.717, 1.165) is 0 Å². The summed E-state index contributed by atoms with van der Waals surface area (Å²) in [5, 5.41) is 34.5. The molecule has 2 fully saturated rings. The third-order valence-electron chi connectivity index (χ3n) is 9.80. The number of halogens is 1. The third-order valence-corrected chi connectivity index (χ3v) is 9.80. The van der Waals surface area contributed by atoms with E-state index in [1.165, 1.54) is 43.3 Å². The summed E-state index contributed by atoms with van der Waals surface area (Å²) in [5.41, 5.74) is -4.62. The van der Waals surface area contributed by atoms with Gasteiger partial charge in [0.2, 0.25) is 0 Å². The molecular weight excluding hydrogens is 519 g/mol. The minimum absolute atomic E-state index is 0.162. The van der Waals surface area contributed by atoms with E-state index >= 15 is 0 Å². The van der Waals surface area contributed by atoms with Crippen LogP contribution in [0.25, 0.3) is 6.08 Å². The Bertz CT molecular complexity index is 1360. The minimum atomic E-state index is -1.99. The summed E-state index contributed by atoms with van der Waals surface area (Å²) in [7, 11) is 0. The maximum Gasteiger partial charge on any atom is 0.331 e. The Morgan fingerprint density at radius 3 is 2.40 bits per heavy atom. The van der Waals surface area contributed by atoms with Gasteiger partial charge in [0.25, 0.3) is 0 Å². The summed E-state index contributed by atoms with van der Waals surface area (Å²) >= 11 is 0. The second-order valence-corrected chi connectivity index (χ2v) is 12.3. The number of aliphatic hydroxyl groups excluding tert-OH is 1. The number of carbonyl (C=O) groups is 3. The van der Waals surface area contributed by atoms with Crippen LogP contribution in [0.2, 0.25) is 0 Å². The summed E-state index contributed by atoms with van der Waals surface area (Å²) in [6, 6.07) is 5.52. The van der Waals surface area contributed by atoms with Gasteiger partial charge in [-0.05, 0) is 41.8 Å². The summed E-state index contributed by atoms with van der Waals surface area (Å²) in [6.45, 7) is 7.79. The molecule has 4 aliphatic rings. The Hall–Kier alpha value is -3.14. The zero-order chi connectivity index (χ0) is 29.4.